The molecule has 9 nitrogen and oxygen atoms in total. The molecule has 3 heterocycles. The third kappa shape index (κ3) is 4.20. The molecule has 0 aliphatic carbocycles. The lowest BCUT2D eigenvalue weighted by Gasteiger charge is -2.11. The van der Waals surface area contributed by atoms with Crippen LogP contribution in [0.15, 0.2) is 55.2 Å². The lowest BCUT2D eigenvalue weighted by atomic mass is 9.99. The number of pyridine rings is 2. The van der Waals surface area contributed by atoms with E-state index in [4.69, 9.17) is 5.73 Å². The Hall–Kier alpha value is -4.27. The normalized spacial score (nSPS) is 10.8. The SMILES string of the molecule is CCn1cc(NC(=O)C(=O)Nc2cc3cc(-c4cnccc4C)cc(N)c3cn2)cn1. The monoisotopic (exact) mass is 415 g/mol. The number of hydrogen-bond acceptors (Lipinski definition) is 6. The predicted molar refractivity (Wildman–Crippen MR) is 119 cm³/mol. The first-order valence-corrected chi connectivity index (χ1v) is 9.69. The van der Waals surface area contributed by atoms with Crippen molar-refractivity contribution in [3.63, 3.8) is 0 Å². The van der Waals surface area contributed by atoms with E-state index in [2.05, 4.69) is 25.7 Å². The predicted octanol–water partition coefficient (Wildman–Crippen LogP) is 2.98. The second kappa shape index (κ2) is 8.23. The molecule has 4 N–H and O–H groups in total. The van der Waals surface area contributed by atoms with E-state index in [1.54, 1.807) is 35.5 Å². The Bertz CT molecular complexity index is 1300. The van der Waals surface area contributed by atoms with Gasteiger partial charge in [0, 0.05) is 48.0 Å². The summed E-state index contributed by atoms with van der Waals surface area (Å²) >= 11 is 0. The molecule has 0 atom stereocenters. The van der Waals surface area contributed by atoms with Gasteiger partial charge >= 0.3 is 11.8 Å². The Kier molecular flexibility index (Phi) is 5.31. The van der Waals surface area contributed by atoms with Crippen LogP contribution in [0.5, 0.6) is 0 Å². The number of carbonyl (C=O) groups is 2. The molecular weight excluding hydrogens is 394 g/mol. The highest BCUT2D eigenvalue weighted by Gasteiger charge is 2.16. The van der Waals surface area contributed by atoms with Crippen LogP contribution >= 0.6 is 0 Å². The molecule has 4 rings (SSSR count). The van der Waals surface area contributed by atoms with Crippen LogP contribution in [0, 0.1) is 6.92 Å². The zero-order valence-corrected chi connectivity index (χ0v) is 17.1. The van der Waals surface area contributed by atoms with Crippen LogP contribution < -0.4 is 16.4 Å². The summed E-state index contributed by atoms with van der Waals surface area (Å²) in [5, 5.41) is 10.6. The van der Waals surface area contributed by atoms with Crippen molar-refractivity contribution in [1.29, 1.82) is 0 Å². The van der Waals surface area contributed by atoms with Gasteiger partial charge < -0.3 is 16.4 Å². The first-order chi connectivity index (χ1) is 14.9. The van der Waals surface area contributed by atoms with Crippen molar-refractivity contribution in [2.75, 3.05) is 16.4 Å². The van der Waals surface area contributed by atoms with E-state index in [0.29, 0.717) is 17.9 Å². The van der Waals surface area contributed by atoms with Crippen molar-refractivity contribution in [3.8, 4) is 11.1 Å². The fourth-order valence-corrected chi connectivity index (χ4v) is 3.24. The van der Waals surface area contributed by atoms with Gasteiger partial charge in [0.15, 0.2) is 0 Å². The van der Waals surface area contributed by atoms with E-state index >= 15 is 0 Å². The first kappa shape index (κ1) is 20.0. The second-order valence-corrected chi connectivity index (χ2v) is 7.04. The molecule has 0 saturated heterocycles. The van der Waals surface area contributed by atoms with Crippen LogP contribution in [0.3, 0.4) is 0 Å². The Morgan fingerprint density at radius 1 is 1.10 bits per heavy atom. The van der Waals surface area contributed by atoms with Crippen molar-refractivity contribution in [3.05, 3.63) is 60.8 Å². The topological polar surface area (TPSA) is 128 Å². The Morgan fingerprint density at radius 2 is 1.90 bits per heavy atom. The average molecular weight is 415 g/mol. The maximum atomic E-state index is 12.3. The van der Waals surface area contributed by atoms with Crippen LogP contribution in [-0.2, 0) is 16.1 Å². The quantitative estimate of drug-likeness (QED) is 0.347. The summed E-state index contributed by atoms with van der Waals surface area (Å²) in [5.41, 5.74) is 10.2. The molecule has 0 unspecified atom stereocenters. The third-order valence-electron chi connectivity index (χ3n) is 4.88. The Morgan fingerprint density at radius 3 is 2.65 bits per heavy atom. The highest BCUT2D eigenvalue weighted by molar-refractivity contribution is 6.43. The largest absolute Gasteiger partial charge is 0.398 e. The molecule has 9 heteroatoms. The van der Waals surface area contributed by atoms with Gasteiger partial charge in [-0.25, -0.2) is 4.98 Å². The Balaban J connectivity index is 1.57. The van der Waals surface area contributed by atoms with Gasteiger partial charge in [0.1, 0.15) is 5.82 Å². The number of fused-ring (bicyclic) bond motifs is 1. The number of amides is 2. The number of rotatable bonds is 4. The molecule has 0 aliphatic rings. The van der Waals surface area contributed by atoms with E-state index in [1.165, 1.54) is 6.20 Å². The van der Waals surface area contributed by atoms with Gasteiger partial charge in [-0.15, -0.1) is 0 Å². The summed E-state index contributed by atoms with van der Waals surface area (Å²) in [5.74, 6) is -1.39. The van der Waals surface area contributed by atoms with Crippen LogP contribution in [0.2, 0.25) is 0 Å². The molecule has 0 spiro atoms. The average Bonchev–Trinajstić information content (AvgIpc) is 3.21. The number of carbonyl (C=O) groups excluding carboxylic acids is 2. The van der Waals surface area contributed by atoms with Gasteiger partial charge in [0.05, 0.1) is 11.9 Å². The Labute approximate surface area is 178 Å². The summed E-state index contributed by atoms with van der Waals surface area (Å²) in [6, 6.07) is 7.43. The first-order valence-electron chi connectivity index (χ1n) is 9.69. The van der Waals surface area contributed by atoms with Crippen molar-refractivity contribution >= 4 is 39.8 Å². The highest BCUT2D eigenvalue weighted by Crippen LogP contribution is 2.31. The summed E-state index contributed by atoms with van der Waals surface area (Å²) in [7, 11) is 0. The molecule has 0 aliphatic heterocycles. The van der Waals surface area contributed by atoms with Gasteiger partial charge in [-0.2, -0.15) is 5.10 Å². The van der Waals surface area contributed by atoms with E-state index in [0.717, 1.165) is 27.5 Å². The van der Waals surface area contributed by atoms with E-state index in [9.17, 15) is 9.59 Å². The molecular formula is C22H21N7O2. The number of nitrogens with zero attached hydrogens (tertiary/aromatic N) is 4. The number of nitrogens with two attached hydrogens (primary N) is 1. The van der Waals surface area contributed by atoms with Crippen LogP contribution in [-0.4, -0.2) is 31.6 Å². The molecule has 0 bridgehead atoms. The summed E-state index contributed by atoms with van der Waals surface area (Å²) in [4.78, 5) is 32.9. The summed E-state index contributed by atoms with van der Waals surface area (Å²) in [6.45, 7) is 4.58. The fourth-order valence-electron chi connectivity index (χ4n) is 3.24. The zero-order valence-electron chi connectivity index (χ0n) is 17.1. The standard InChI is InChI=1S/C22H21N7O2/c1-3-29-12-16(9-26-29)27-21(30)22(31)28-20-8-15-6-14(7-19(23)18(15)11-25-20)17-10-24-5-4-13(17)2/h4-12H,3,23H2,1-2H3,(H,27,30)(H,25,28,31). The van der Waals surface area contributed by atoms with Crippen LogP contribution in [0.4, 0.5) is 17.2 Å². The number of aryl methyl sites for hydroxylation is 2. The number of nitrogens with one attached hydrogen (secondary N) is 2. The van der Waals surface area contributed by atoms with Gasteiger partial charge in [-0.1, -0.05) is 0 Å². The fraction of sp³-hybridized carbons (Fsp3) is 0.136. The zero-order chi connectivity index (χ0) is 22.0. The second-order valence-electron chi connectivity index (χ2n) is 7.04. The lowest BCUT2D eigenvalue weighted by Crippen LogP contribution is -2.29. The number of hydrogen-bond donors (Lipinski definition) is 3. The van der Waals surface area contributed by atoms with Gasteiger partial charge in [0.25, 0.3) is 0 Å². The minimum Gasteiger partial charge on any atom is -0.398 e. The van der Waals surface area contributed by atoms with E-state index in [-0.39, 0.29) is 5.82 Å². The molecule has 4 aromatic rings. The number of benzene rings is 1. The van der Waals surface area contributed by atoms with Gasteiger partial charge in [-0.3, -0.25) is 19.3 Å². The molecule has 3 aromatic heterocycles. The molecule has 2 amide bonds. The maximum absolute atomic E-state index is 12.3. The van der Waals surface area contributed by atoms with Gasteiger partial charge in [-0.05, 0) is 54.6 Å². The van der Waals surface area contributed by atoms with Crippen molar-refractivity contribution < 1.29 is 9.59 Å². The van der Waals surface area contributed by atoms with Gasteiger partial charge in [0.2, 0.25) is 0 Å². The number of nitrogen functional groups attached to an aromatic ring is 1. The molecule has 0 saturated carbocycles. The third-order valence-corrected chi connectivity index (χ3v) is 4.88. The number of aromatic nitrogens is 4. The van der Waals surface area contributed by atoms with E-state index in [1.807, 2.05) is 32.0 Å². The molecule has 0 fully saturated rings. The maximum Gasteiger partial charge on any atom is 0.315 e. The molecule has 1 aromatic carbocycles. The lowest BCUT2D eigenvalue weighted by molar-refractivity contribution is -0.133. The van der Waals surface area contributed by atoms with Crippen molar-refractivity contribution in [1.82, 2.24) is 19.7 Å². The minimum absolute atomic E-state index is 0.247. The molecule has 0 radical (unpaired) electrons. The highest BCUT2D eigenvalue weighted by atomic mass is 16.2. The smallest absolute Gasteiger partial charge is 0.315 e. The molecule has 156 valence electrons. The molecule has 31 heavy (non-hydrogen) atoms. The summed E-state index contributed by atoms with van der Waals surface area (Å²) in [6.07, 6.45) is 8.21. The number of anilines is 3. The minimum atomic E-state index is -0.830. The van der Waals surface area contributed by atoms with Crippen LogP contribution in [0.1, 0.15) is 12.5 Å². The van der Waals surface area contributed by atoms with Crippen molar-refractivity contribution in [2.24, 2.45) is 0 Å². The van der Waals surface area contributed by atoms with Crippen LogP contribution in [0.25, 0.3) is 21.9 Å². The summed E-state index contributed by atoms with van der Waals surface area (Å²) < 4.78 is 1.64. The van der Waals surface area contributed by atoms with E-state index < -0.39 is 11.8 Å². The van der Waals surface area contributed by atoms with Crippen molar-refractivity contribution in [2.45, 2.75) is 20.4 Å².